The molecule has 1 aromatic rings. The van der Waals surface area contributed by atoms with Crippen molar-refractivity contribution in [3.8, 4) is 0 Å². The van der Waals surface area contributed by atoms with E-state index in [9.17, 15) is 0 Å². The molecule has 2 rings (SSSR count). The van der Waals surface area contributed by atoms with E-state index >= 15 is 0 Å². The molecule has 0 amide bonds. The highest BCUT2D eigenvalue weighted by Gasteiger charge is 2.19. The molecule has 0 aromatic carbocycles. The molecule has 10 heavy (non-hydrogen) atoms. The van der Waals surface area contributed by atoms with Gasteiger partial charge in [0.25, 0.3) is 0 Å². The van der Waals surface area contributed by atoms with Gasteiger partial charge >= 0.3 is 0 Å². The molecule has 0 spiro atoms. The third kappa shape index (κ3) is 0.708. The first kappa shape index (κ1) is 5.80. The summed E-state index contributed by atoms with van der Waals surface area (Å²) in [6, 6.07) is 0. The summed E-state index contributed by atoms with van der Waals surface area (Å²) in [5.41, 5.74) is 2.16. The summed E-state index contributed by atoms with van der Waals surface area (Å²) in [5, 5.41) is 0. The number of fused-ring (bicyclic) bond motifs is 1. The first-order chi connectivity index (χ1) is 4.88. The van der Waals surface area contributed by atoms with Crippen LogP contribution < -0.4 is 0 Å². The number of hydrogen-bond acceptors (Lipinski definition) is 3. The first-order valence-corrected chi connectivity index (χ1v) is 3.28. The van der Waals surface area contributed by atoms with Gasteiger partial charge in [0.05, 0.1) is 18.4 Å². The topological polar surface area (TPSA) is 35.0 Å². The molecule has 0 saturated carbocycles. The van der Waals surface area contributed by atoms with Gasteiger partial charge in [0.2, 0.25) is 0 Å². The van der Waals surface area contributed by atoms with Crippen LogP contribution in [0.25, 0.3) is 0 Å². The van der Waals surface area contributed by atoms with Gasteiger partial charge in [-0.1, -0.05) is 0 Å². The van der Waals surface area contributed by atoms with Crippen molar-refractivity contribution in [3.05, 3.63) is 23.8 Å². The number of rotatable bonds is 0. The summed E-state index contributed by atoms with van der Waals surface area (Å²) in [6.07, 6.45) is 3.55. The summed E-state index contributed by atoms with van der Waals surface area (Å²) in [4.78, 5) is 7.99. The Bertz CT molecular complexity index is 249. The first-order valence-electron chi connectivity index (χ1n) is 3.28. The fourth-order valence-corrected chi connectivity index (χ4v) is 1.12. The van der Waals surface area contributed by atoms with Gasteiger partial charge in [0.1, 0.15) is 6.33 Å². The molecule has 0 aliphatic carbocycles. The van der Waals surface area contributed by atoms with E-state index in [0.29, 0.717) is 6.61 Å². The van der Waals surface area contributed by atoms with Gasteiger partial charge in [-0.25, -0.2) is 9.97 Å². The van der Waals surface area contributed by atoms with E-state index in [4.69, 9.17) is 4.74 Å². The van der Waals surface area contributed by atoms with Crippen LogP contribution in [0, 0.1) is 0 Å². The van der Waals surface area contributed by atoms with Crippen molar-refractivity contribution in [1.29, 1.82) is 0 Å². The van der Waals surface area contributed by atoms with Crippen LogP contribution in [0.1, 0.15) is 24.3 Å². The molecule has 0 unspecified atom stereocenters. The molecule has 0 fully saturated rings. The summed E-state index contributed by atoms with van der Waals surface area (Å²) in [7, 11) is 0. The Morgan fingerprint density at radius 2 is 2.60 bits per heavy atom. The minimum atomic E-state index is 0.177. The summed E-state index contributed by atoms with van der Waals surface area (Å²) in [5.74, 6) is 0. The van der Waals surface area contributed by atoms with E-state index in [1.54, 1.807) is 6.33 Å². The van der Waals surface area contributed by atoms with E-state index in [-0.39, 0.29) is 6.10 Å². The molecule has 0 N–H and O–H groups in total. The maximum atomic E-state index is 5.32. The largest absolute Gasteiger partial charge is 0.367 e. The van der Waals surface area contributed by atoms with Crippen LogP contribution >= 0.6 is 0 Å². The second kappa shape index (κ2) is 2.02. The molecular formula is C7H8N2O. The average Bonchev–Trinajstić information content (AvgIpc) is 2.34. The zero-order valence-corrected chi connectivity index (χ0v) is 5.74. The highest BCUT2D eigenvalue weighted by atomic mass is 16.5. The van der Waals surface area contributed by atoms with Gasteiger partial charge in [-0.15, -0.1) is 0 Å². The van der Waals surface area contributed by atoms with Gasteiger partial charge < -0.3 is 4.74 Å². The second-order valence-corrected chi connectivity index (χ2v) is 2.38. The Morgan fingerprint density at radius 1 is 1.70 bits per heavy atom. The van der Waals surface area contributed by atoms with Gasteiger partial charge in [-0.2, -0.15) is 0 Å². The normalized spacial score (nSPS) is 22.7. The van der Waals surface area contributed by atoms with E-state index in [0.717, 1.165) is 11.3 Å². The van der Waals surface area contributed by atoms with E-state index < -0.39 is 0 Å². The van der Waals surface area contributed by atoms with Crippen LogP contribution in [0.2, 0.25) is 0 Å². The van der Waals surface area contributed by atoms with Crippen LogP contribution in [0.5, 0.6) is 0 Å². The zero-order chi connectivity index (χ0) is 6.97. The second-order valence-electron chi connectivity index (χ2n) is 2.38. The van der Waals surface area contributed by atoms with Crippen molar-refractivity contribution >= 4 is 0 Å². The van der Waals surface area contributed by atoms with Crippen molar-refractivity contribution in [2.75, 3.05) is 0 Å². The molecule has 52 valence electrons. The van der Waals surface area contributed by atoms with Crippen LogP contribution in [-0.2, 0) is 11.3 Å². The van der Waals surface area contributed by atoms with Crippen molar-refractivity contribution in [3.63, 3.8) is 0 Å². The molecule has 0 bridgehead atoms. The maximum Gasteiger partial charge on any atom is 0.115 e. The van der Waals surface area contributed by atoms with E-state index in [2.05, 4.69) is 9.97 Å². The standard InChI is InChI=1S/C7H8N2O/c1-5-6-2-8-4-9-7(6)3-10-5/h2,4-5H,3H2,1H3/t5-/m0/s1. The molecule has 0 radical (unpaired) electrons. The Hall–Kier alpha value is -0.960. The Labute approximate surface area is 59.1 Å². The molecule has 1 aromatic heterocycles. The molecule has 1 aliphatic heterocycles. The summed E-state index contributed by atoms with van der Waals surface area (Å²) in [6.45, 7) is 2.65. The number of hydrogen-bond donors (Lipinski definition) is 0. The van der Waals surface area contributed by atoms with Crippen LogP contribution in [-0.4, -0.2) is 9.97 Å². The molecule has 0 saturated heterocycles. The van der Waals surface area contributed by atoms with Crippen LogP contribution in [0.4, 0.5) is 0 Å². The highest BCUT2D eigenvalue weighted by Crippen LogP contribution is 2.26. The Balaban J connectivity index is 2.51. The Kier molecular flexibility index (Phi) is 1.17. The van der Waals surface area contributed by atoms with Gasteiger partial charge in [0.15, 0.2) is 0 Å². The lowest BCUT2D eigenvalue weighted by molar-refractivity contribution is 0.0786. The summed E-state index contributed by atoms with van der Waals surface area (Å²) < 4.78 is 5.32. The zero-order valence-electron chi connectivity index (χ0n) is 5.74. The number of aromatic nitrogens is 2. The maximum absolute atomic E-state index is 5.32. The predicted molar refractivity (Wildman–Crippen MR) is 35.2 cm³/mol. The third-order valence-electron chi connectivity index (χ3n) is 1.74. The Morgan fingerprint density at radius 3 is 3.40 bits per heavy atom. The summed E-state index contributed by atoms with van der Waals surface area (Å²) >= 11 is 0. The lowest BCUT2D eigenvalue weighted by Gasteiger charge is -1.99. The van der Waals surface area contributed by atoms with Gasteiger partial charge in [-0.3, -0.25) is 0 Å². The lowest BCUT2D eigenvalue weighted by atomic mass is 10.2. The number of nitrogens with zero attached hydrogens (tertiary/aromatic N) is 2. The quantitative estimate of drug-likeness (QED) is 0.535. The molecule has 2 heterocycles. The van der Waals surface area contributed by atoms with Crippen molar-refractivity contribution in [1.82, 2.24) is 9.97 Å². The molecular weight excluding hydrogens is 128 g/mol. The van der Waals surface area contributed by atoms with Crippen LogP contribution in [0.3, 0.4) is 0 Å². The predicted octanol–water partition coefficient (Wildman–Crippen LogP) is 1.07. The van der Waals surface area contributed by atoms with Crippen LogP contribution in [0.15, 0.2) is 12.5 Å². The van der Waals surface area contributed by atoms with E-state index in [1.165, 1.54) is 0 Å². The van der Waals surface area contributed by atoms with Crippen molar-refractivity contribution in [2.24, 2.45) is 0 Å². The van der Waals surface area contributed by atoms with Gasteiger partial charge in [0, 0.05) is 11.8 Å². The van der Waals surface area contributed by atoms with Crippen molar-refractivity contribution < 1.29 is 4.74 Å². The third-order valence-corrected chi connectivity index (χ3v) is 1.74. The number of ether oxygens (including phenoxy) is 1. The van der Waals surface area contributed by atoms with E-state index in [1.807, 2.05) is 13.1 Å². The SMILES string of the molecule is C[C@@H]1OCc2ncncc21. The molecule has 1 atom stereocenters. The molecule has 3 heteroatoms. The lowest BCUT2D eigenvalue weighted by Crippen LogP contribution is -1.90. The monoisotopic (exact) mass is 136 g/mol. The minimum absolute atomic E-state index is 0.177. The minimum Gasteiger partial charge on any atom is -0.367 e. The van der Waals surface area contributed by atoms with Crippen molar-refractivity contribution in [2.45, 2.75) is 19.6 Å². The average molecular weight is 136 g/mol. The smallest absolute Gasteiger partial charge is 0.115 e. The molecule has 1 aliphatic rings. The molecule has 3 nitrogen and oxygen atoms in total. The fraction of sp³-hybridized carbons (Fsp3) is 0.429. The van der Waals surface area contributed by atoms with Gasteiger partial charge in [-0.05, 0) is 6.92 Å². The fourth-order valence-electron chi connectivity index (χ4n) is 1.12. The highest BCUT2D eigenvalue weighted by molar-refractivity contribution is 5.20.